The predicted octanol–water partition coefficient (Wildman–Crippen LogP) is -2.98. The number of hydrogen-bond donors (Lipinski definition) is 1. The first kappa shape index (κ1) is 54.7. The second-order valence-electron chi connectivity index (χ2n) is 10.0. The monoisotopic (exact) mass is 742 g/mol. The van der Waals surface area contributed by atoms with Crippen LogP contribution >= 0.6 is 0 Å². The van der Waals surface area contributed by atoms with Gasteiger partial charge < -0.3 is 40.7 Å². The summed E-state index contributed by atoms with van der Waals surface area (Å²) in [6, 6.07) is 17.8. The van der Waals surface area contributed by atoms with E-state index in [0.29, 0.717) is 17.2 Å². The average molecular weight is 743 g/mol. The van der Waals surface area contributed by atoms with Crippen LogP contribution < -0.4 is 108 Å². The number of methoxy groups -OCH3 is 3. The van der Waals surface area contributed by atoms with Crippen molar-refractivity contribution in [1.29, 1.82) is 0 Å². The maximum absolute atomic E-state index is 10.9. The maximum atomic E-state index is 10.9. The zero-order chi connectivity index (χ0) is 36.0. The first-order chi connectivity index (χ1) is 22.5. The SMILES string of the molecule is CC(=O)N1CCC(C)CC1.CO.COC(=O)c1ccccc1.COC(=O)c1ccccc1.COC1CCN(C(C)=O)CC1.O=CO[O-].[H-].[K+].[K+]. The molecule has 0 saturated carbocycles. The molecule has 2 aromatic carbocycles. The molecular formula is C34H52K2N2O11. The normalized spacial score (nSPS) is 13.1. The number of piperidine rings is 2. The number of esters is 2. The van der Waals surface area contributed by atoms with Gasteiger partial charge in [0.25, 0.3) is 6.47 Å². The van der Waals surface area contributed by atoms with Crippen molar-refractivity contribution in [2.75, 3.05) is 54.6 Å². The molecule has 0 radical (unpaired) electrons. The van der Waals surface area contributed by atoms with Crippen molar-refractivity contribution in [3.63, 3.8) is 0 Å². The molecule has 266 valence electrons. The molecule has 49 heavy (non-hydrogen) atoms. The third-order valence-electron chi connectivity index (χ3n) is 6.88. The molecule has 2 heterocycles. The van der Waals surface area contributed by atoms with Crippen molar-refractivity contribution in [3.8, 4) is 0 Å². The molecule has 0 atom stereocenters. The molecule has 0 aliphatic carbocycles. The van der Waals surface area contributed by atoms with Gasteiger partial charge in [-0.1, -0.05) is 43.3 Å². The Kier molecular flexibility index (Phi) is 41.0. The van der Waals surface area contributed by atoms with Crippen LogP contribution in [0.1, 0.15) is 68.6 Å². The van der Waals surface area contributed by atoms with E-state index in [4.69, 9.17) is 19.9 Å². The van der Waals surface area contributed by atoms with Gasteiger partial charge in [-0.05, 0) is 55.9 Å². The van der Waals surface area contributed by atoms with Crippen LogP contribution in [0.25, 0.3) is 0 Å². The molecule has 0 unspecified atom stereocenters. The van der Waals surface area contributed by atoms with E-state index < -0.39 is 0 Å². The molecule has 2 fully saturated rings. The van der Waals surface area contributed by atoms with Crippen molar-refractivity contribution >= 4 is 30.2 Å². The molecule has 0 aromatic heterocycles. The summed E-state index contributed by atoms with van der Waals surface area (Å²) in [5.41, 5.74) is 1.18. The summed E-state index contributed by atoms with van der Waals surface area (Å²) in [6.45, 7) is 8.98. The third-order valence-corrected chi connectivity index (χ3v) is 6.88. The number of nitrogens with zero attached hydrogens (tertiary/aromatic N) is 2. The Morgan fingerprint density at radius 1 is 0.714 bits per heavy atom. The van der Waals surface area contributed by atoms with Gasteiger partial charge in [0.15, 0.2) is 0 Å². The molecule has 15 heteroatoms. The van der Waals surface area contributed by atoms with E-state index in [1.165, 1.54) is 27.1 Å². The minimum absolute atomic E-state index is 0. The van der Waals surface area contributed by atoms with Crippen molar-refractivity contribution in [2.24, 2.45) is 5.92 Å². The van der Waals surface area contributed by atoms with Crippen molar-refractivity contribution in [2.45, 2.75) is 52.6 Å². The van der Waals surface area contributed by atoms with Crippen LogP contribution in [0, 0.1) is 5.92 Å². The van der Waals surface area contributed by atoms with E-state index >= 15 is 0 Å². The third kappa shape index (κ3) is 28.2. The van der Waals surface area contributed by atoms with Gasteiger partial charge >= 0.3 is 115 Å². The molecular weight excluding hydrogens is 691 g/mol. The van der Waals surface area contributed by atoms with E-state index in [2.05, 4.69) is 21.3 Å². The van der Waals surface area contributed by atoms with Gasteiger partial charge in [-0.25, -0.2) is 9.59 Å². The Hall–Kier alpha value is -1.06. The zero-order valence-corrected chi connectivity index (χ0v) is 36.8. The molecule has 2 aromatic rings. The quantitative estimate of drug-likeness (QED) is 0.112. The van der Waals surface area contributed by atoms with Crippen LogP contribution in [0.4, 0.5) is 0 Å². The molecule has 1 N–H and O–H groups in total. The Labute approximate surface area is 377 Å². The van der Waals surface area contributed by atoms with Gasteiger partial charge in [-0.2, -0.15) is 0 Å². The largest absolute Gasteiger partial charge is 1.00 e. The second kappa shape index (κ2) is 36.7. The standard InChI is InChI=1S/C8H15NO2.C8H15NO.2C8H8O2.CH2O3.CH4O.2K.H/c1-7(10)9-5-3-8(11-2)4-6-9;1-7-3-5-9(6-4-7)8(2)10;2*1-10-8(9)7-5-3-2-4-6-7;2-1-4-3;1-2;;;/h8H,3-6H2,1-2H3;7H,3-6H2,1-2H3;2*2-6H,1H3;1,3H;2H,1H3;;;/q;;;;;;2*+1;-1/p-1. The number of hydrogen-bond acceptors (Lipinski definition) is 11. The Balaban J connectivity index is -0.000000168. The summed E-state index contributed by atoms with van der Waals surface area (Å²) in [5, 5.41) is 15.4. The molecule has 0 bridgehead atoms. The predicted molar refractivity (Wildman–Crippen MR) is 175 cm³/mol. The van der Waals surface area contributed by atoms with E-state index in [1.807, 2.05) is 21.9 Å². The Morgan fingerprint density at radius 2 is 1.02 bits per heavy atom. The fraction of sp³-hybridized carbons (Fsp3) is 0.500. The van der Waals surface area contributed by atoms with E-state index in [9.17, 15) is 19.2 Å². The van der Waals surface area contributed by atoms with Gasteiger partial charge in [0.2, 0.25) is 11.8 Å². The van der Waals surface area contributed by atoms with Crippen LogP contribution in [0.2, 0.25) is 0 Å². The molecule has 4 rings (SSSR count). The summed E-state index contributed by atoms with van der Waals surface area (Å²) >= 11 is 0. The van der Waals surface area contributed by atoms with Crippen molar-refractivity contribution < 1.29 is 158 Å². The van der Waals surface area contributed by atoms with Crippen LogP contribution in [-0.4, -0.2) is 106 Å². The van der Waals surface area contributed by atoms with Gasteiger partial charge in [0, 0.05) is 54.2 Å². The Morgan fingerprint density at radius 3 is 1.27 bits per heavy atom. The molecule has 2 saturated heterocycles. The van der Waals surface area contributed by atoms with Gasteiger partial charge in [-0.3, -0.25) is 14.4 Å². The Bertz CT molecular complexity index is 1070. The van der Waals surface area contributed by atoms with Gasteiger partial charge in [0.1, 0.15) is 0 Å². The fourth-order valence-electron chi connectivity index (χ4n) is 4.11. The van der Waals surface area contributed by atoms with Crippen LogP contribution in [0.3, 0.4) is 0 Å². The van der Waals surface area contributed by atoms with Gasteiger partial charge in [0.05, 0.1) is 31.5 Å². The first-order valence-electron chi connectivity index (χ1n) is 15.0. The number of carbonyl (C=O) groups excluding carboxylic acids is 5. The van der Waals surface area contributed by atoms with Gasteiger partial charge in [-0.15, -0.1) is 0 Å². The summed E-state index contributed by atoms with van der Waals surface area (Å²) in [7, 11) is 5.47. The molecule has 0 spiro atoms. The summed E-state index contributed by atoms with van der Waals surface area (Å²) < 4.78 is 14.2. The number of amides is 2. The fourth-order valence-corrected chi connectivity index (χ4v) is 4.11. The summed E-state index contributed by atoms with van der Waals surface area (Å²) in [4.78, 5) is 58.3. The number of benzene rings is 2. The minimum Gasteiger partial charge on any atom is -1.00 e. The number of likely N-dealkylation sites (tertiary alicyclic amines) is 2. The molecule has 2 aliphatic heterocycles. The maximum Gasteiger partial charge on any atom is 1.00 e. The number of carbonyl (C=O) groups is 5. The van der Waals surface area contributed by atoms with Crippen LogP contribution in [-0.2, 0) is 33.5 Å². The van der Waals surface area contributed by atoms with Crippen molar-refractivity contribution in [1.82, 2.24) is 9.80 Å². The van der Waals surface area contributed by atoms with Crippen molar-refractivity contribution in [3.05, 3.63) is 71.8 Å². The molecule has 2 aliphatic rings. The van der Waals surface area contributed by atoms with E-state index in [0.717, 1.165) is 52.0 Å². The number of rotatable bonds is 4. The molecule has 2 amide bonds. The smallest absolute Gasteiger partial charge is 1.00 e. The first-order valence-corrected chi connectivity index (χ1v) is 15.0. The molecule has 13 nitrogen and oxygen atoms in total. The number of aliphatic hydroxyl groups is 1. The number of aliphatic hydroxyl groups excluding tert-OH is 1. The zero-order valence-electron chi connectivity index (χ0n) is 31.6. The van der Waals surface area contributed by atoms with Crippen LogP contribution in [0.5, 0.6) is 0 Å². The number of ether oxygens (including phenoxy) is 3. The summed E-state index contributed by atoms with van der Waals surface area (Å²) in [5.74, 6) is 0.642. The van der Waals surface area contributed by atoms with E-state index in [-0.39, 0.29) is 134 Å². The topological polar surface area (TPSA) is 172 Å². The van der Waals surface area contributed by atoms with E-state index in [1.54, 1.807) is 69.5 Å². The summed E-state index contributed by atoms with van der Waals surface area (Å²) in [6.07, 6.45) is 4.69. The van der Waals surface area contributed by atoms with Crippen LogP contribution in [0.15, 0.2) is 60.7 Å². The average Bonchev–Trinajstić information content (AvgIpc) is 3.13. The minimum atomic E-state index is -0.291. The second-order valence-corrected chi connectivity index (χ2v) is 10.0.